The van der Waals surface area contributed by atoms with Crippen LogP contribution in [0.1, 0.15) is 286 Å². The van der Waals surface area contributed by atoms with Gasteiger partial charge in [0.1, 0.15) is 0 Å². The molecule has 0 radical (unpaired) electrons. The summed E-state index contributed by atoms with van der Waals surface area (Å²) in [5.41, 5.74) is 5.57. The molecule has 0 aliphatic rings. The van der Waals surface area contributed by atoms with Gasteiger partial charge in [0.2, 0.25) is 5.00 Å². The van der Waals surface area contributed by atoms with Gasteiger partial charge in [0, 0.05) is 147 Å². The number of aryl methyl sites for hydroxylation is 5. The van der Waals surface area contributed by atoms with Gasteiger partial charge >= 0.3 is 0 Å². The molecule has 0 unspecified atom stereocenters. The van der Waals surface area contributed by atoms with Gasteiger partial charge < -0.3 is 0 Å². The van der Waals surface area contributed by atoms with E-state index in [2.05, 4.69) is 68.6 Å². The third-order valence-electron chi connectivity index (χ3n) is 19.8. The minimum absolute atomic E-state index is 0.00779. The lowest BCUT2D eigenvalue weighted by atomic mass is 10.0. The van der Waals surface area contributed by atoms with Gasteiger partial charge in [-0.3, -0.25) is 76.7 Å². The molecule has 16 rings (SSSR count). The van der Waals surface area contributed by atoms with Crippen LogP contribution in [0.15, 0.2) is 258 Å². The van der Waals surface area contributed by atoms with Crippen molar-refractivity contribution in [2.45, 2.75) is 137 Å². The largest absolute Gasteiger partial charge is 0.294 e. The van der Waals surface area contributed by atoms with Crippen molar-refractivity contribution in [3.05, 3.63) is 381 Å². The molecule has 0 amide bonds. The molecule has 0 aliphatic heterocycles. The lowest BCUT2D eigenvalue weighted by molar-refractivity contribution is 0.0919. The lowest BCUT2D eigenvalue weighted by Crippen LogP contribution is -2.04. The molecule has 14 aromatic heterocycles. The highest BCUT2D eigenvalue weighted by Crippen LogP contribution is 2.33. The SMILES string of the molecule is Cc1ccc(C(=O)CCC(=O)c2cccs2)cc1.Cc1ccsc1C(=O)CCC(=O)c1sccc1C.Cc1csc(C(=O)CCC(=O)c2cc(Cl)cs2)c1.O=C(CCC(=O)c1cccs1)c1ccccc1.O=C(CCC(=O)c1cccs1)c1cccs1.O=C(CCC(=O)c1sccc1Br)c1cc(Br)cs1.O=C(CCC(=O)c1sccc1Br)c1sccc1Br.[C-]#[N+]c1ccc(C(=O)CCC(=O)c2ccc(C)s2)s1. The highest BCUT2D eigenvalue weighted by atomic mass is 79.9. The Balaban J connectivity index is 0.000000181. The number of halogens is 5. The van der Waals surface area contributed by atoms with Gasteiger partial charge in [-0.05, 0) is 260 Å². The molecule has 17 nitrogen and oxygen atoms in total. The van der Waals surface area contributed by atoms with Crippen molar-refractivity contribution in [2.75, 3.05) is 0 Å². The molecular weight excluding hydrogens is 2350 g/mol. The van der Waals surface area contributed by atoms with Crippen molar-refractivity contribution in [3.8, 4) is 0 Å². The maximum Gasteiger partial charge on any atom is 0.241 e. The van der Waals surface area contributed by atoms with Crippen molar-refractivity contribution in [1.82, 2.24) is 0 Å². The molecule has 0 fully saturated rings. The number of hydrogen-bond donors (Lipinski definition) is 0. The summed E-state index contributed by atoms with van der Waals surface area (Å²) in [6.45, 7) is 16.6. The predicted octanol–water partition coefficient (Wildman–Crippen LogP) is 34.9. The molecule has 0 N–H and O–H groups in total. The first-order chi connectivity index (χ1) is 68.1. The number of Topliss-reactive ketones (excluding diaryl/α,β-unsaturated/α-hetero) is 16. The van der Waals surface area contributed by atoms with E-state index < -0.39 is 0 Å². The third kappa shape index (κ3) is 38.9. The van der Waals surface area contributed by atoms with Gasteiger partial charge in [0.05, 0.1) is 79.9 Å². The number of benzene rings is 2. The van der Waals surface area contributed by atoms with E-state index in [0.717, 1.165) is 79.2 Å². The van der Waals surface area contributed by atoms with Crippen LogP contribution in [0.4, 0.5) is 5.00 Å². The van der Waals surface area contributed by atoms with Gasteiger partial charge in [-0.15, -0.1) is 147 Å². The molecule has 0 bridgehead atoms. The van der Waals surface area contributed by atoms with Crippen LogP contribution >= 0.6 is 234 Å². The summed E-state index contributed by atoms with van der Waals surface area (Å²) in [6.07, 6.45) is 4.29. The molecule has 0 saturated heterocycles. The predicted molar refractivity (Wildman–Crippen MR) is 602 cm³/mol. The molecule has 14 heterocycles. The molecule has 2 aromatic carbocycles. The summed E-state index contributed by atoms with van der Waals surface area (Å²) in [5.74, 6) is 0.413. The standard InChI is InChI=1S/C15H14O2S.C14H11NO2S2.C14H14O2S2.C14H12O2S.C13H11ClO2S2.2C12H8Br2O2S2.C12H10O2S2/c1-11-4-6-12(7-5-11)13(16)8-9-14(17)15-3-2-10-18-15;1-9-3-6-12(18-9)10(16)4-5-11(17)13-7-8-14(15-2)19-13;1-9-5-7-17-13(9)11(15)3-4-12(16)14-10(2)6-8-18-14;15-12(11-5-2-1-3-6-11)8-9-13(16)14-7-4-10-17-14;1-8-4-12(17-6-8)10(15)2-3-11(16)13-5-9(14)7-18-13;13-7-3-5-17-11(7)9(15)1-2-10(16)12-8(14)4-6-18-12;13-7-5-11(18-6-7)9(15)1-2-10(16)12-8(14)3-4-17-12;13-9(11-3-1-7-15-11)5-6-10(14)12-4-2-8-16-12/h2-7,10H,8-9H2,1H3;3,6-8H,4-5H2,1H3;5-8H,3-4H2,1-2H3;1-7,10H,8-9H2;4-7H,2-3H2,1H3;2*3-6H,1-2H2;1-4,7-8H,5-6H2. The summed E-state index contributed by atoms with van der Waals surface area (Å²) < 4.78 is 3.33. The first kappa shape index (κ1) is 116. The van der Waals surface area contributed by atoms with Crippen LogP contribution < -0.4 is 0 Å². The number of hydrogen-bond acceptors (Lipinski definition) is 30. The fourth-order valence-electron chi connectivity index (χ4n) is 12.3. The van der Waals surface area contributed by atoms with Crippen LogP contribution in [0, 0.1) is 41.2 Å². The zero-order chi connectivity index (χ0) is 103. The van der Waals surface area contributed by atoms with Crippen LogP contribution in [-0.4, -0.2) is 92.5 Å². The van der Waals surface area contributed by atoms with Crippen LogP contribution in [0.3, 0.4) is 0 Å². The second-order valence-electron chi connectivity index (χ2n) is 30.5. The smallest absolute Gasteiger partial charge is 0.241 e. The summed E-state index contributed by atoms with van der Waals surface area (Å²) >= 11 is 38.6. The highest BCUT2D eigenvalue weighted by Gasteiger charge is 2.23. The number of rotatable bonds is 40. The van der Waals surface area contributed by atoms with E-state index in [4.69, 9.17) is 18.2 Å². The zero-order valence-corrected chi connectivity index (χ0v) is 95.1. The quantitative estimate of drug-likeness (QED) is 0.0255. The number of ketones is 16. The van der Waals surface area contributed by atoms with Crippen molar-refractivity contribution >= 4 is 332 Å². The number of carbonyl (C=O) groups excluding carboxylic acids is 16. The molecule has 0 saturated carbocycles. The fraction of sp³-hybridized carbons (Fsp3) is 0.198. The van der Waals surface area contributed by atoms with Crippen LogP contribution in [0.25, 0.3) is 4.85 Å². The Bertz CT molecular complexity index is 6690. The Morgan fingerprint density at radius 1 is 0.254 bits per heavy atom. The molecule has 36 heteroatoms. The molecule has 16 aromatic rings. The van der Waals surface area contributed by atoms with E-state index in [1.807, 2.05) is 203 Å². The van der Waals surface area contributed by atoms with Gasteiger partial charge in [0.15, 0.2) is 92.5 Å². The van der Waals surface area contributed by atoms with E-state index in [1.165, 1.54) is 159 Å². The van der Waals surface area contributed by atoms with E-state index >= 15 is 0 Å². The summed E-state index contributed by atoms with van der Waals surface area (Å²) in [5, 5.41) is 23.5. The van der Waals surface area contributed by atoms with Crippen LogP contribution in [-0.2, 0) is 0 Å². The Morgan fingerprint density at radius 3 is 0.859 bits per heavy atom. The van der Waals surface area contributed by atoms with Crippen molar-refractivity contribution in [2.24, 2.45) is 0 Å². The van der Waals surface area contributed by atoms with Crippen molar-refractivity contribution < 1.29 is 76.7 Å². The van der Waals surface area contributed by atoms with Gasteiger partial charge in [-0.2, -0.15) is 11.3 Å². The monoisotopic (exact) mass is 2430 g/mol. The number of nitrogens with zero attached hydrogens (tertiary/aromatic N) is 1. The maximum absolute atomic E-state index is 11.9. The zero-order valence-electron chi connectivity index (χ0n) is 76.6. The van der Waals surface area contributed by atoms with Crippen LogP contribution in [0.2, 0.25) is 5.02 Å². The summed E-state index contributed by atoms with van der Waals surface area (Å²) in [4.78, 5) is 203. The summed E-state index contributed by atoms with van der Waals surface area (Å²) in [6, 6.07) is 52.8. The Hall–Kier alpha value is -9.34. The average molecular weight is 2440 g/mol. The van der Waals surface area contributed by atoms with Crippen molar-refractivity contribution in [3.63, 3.8) is 0 Å². The molecule has 0 aliphatic carbocycles. The molecule has 142 heavy (non-hydrogen) atoms. The molecule has 0 atom stereocenters. The van der Waals surface area contributed by atoms with Crippen molar-refractivity contribution in [1.29, 1.82) is 0 Å². The van der Waals surface area contributed by atoms with Gasteiger partial charge in [0.25, 0.3) is 0 Å². The van der Waals surface area contributed by atoms with E-state index in [-0.39, 0.29) is 170 Å². The Labute approximate surface area is 916 Å². The molecule has 732 valence electrons. The lowest BCUT2D eigenvalue weighted by Gasteiger charge is -2.01. The van der Waals surface area contributed by atoms with Crippen LogP contribution in [0.5, 0.6) is 0 Å². The number of thiophene rings is 14. The summed E-state index contributed by atoms with van der Waals surface area (Å²) in [7, 11) is 0. The van der Waals surface area contributed by atoms with E-state index in [9.17, 15) is 76.7 Å². The highest BCUT2D eigenvalue weighted by molar-refractivity contribution is 9.11. The topological polar surface area (TPSA) is 277 Å². The maximum atomic E-state index is 11.9. The average Bonchev–Trinajstić information content (AvgIpc) is 1.71. The minimum atomic E-state index is -0.0680. The second kappa shape index (κ2) is 61.2. The molecular formula is C106H88Br4ClNO16S14. The van der Waals surface area contributed by atoms with Gasteiger partial charge in [-0.25, -0.2) is 4.85 Å². The van der Waals surface area contributed by atoms with Gasteiger partial charge in [-0.1, -0.05) is 102 Å². The Kier molecular flexibility index (Phi) is 50.1. The first-order valence-electron chi connectivity index (χ1n) is 43.2. The van der Waals surface area contributed by atoms with E-state index in [1.54, 1.807) is 72.1 Å². The molecule has 0 spiro atoms. The minimum Gasteiger partial charge on any atom is -0.294 e. The Morgan fingerprint density at radius 2 is 0.563 bits per heavy atom. The number of carbonyl (C=O) groups is 16. The van der Waals surface area contributed by atoms with E-state index in [0.29, 0.717) is 81.0 Å². The third-order valence-corrected chi connectivity index (χ3v) is 37.4. The fourth-order valence-corrected chi connectivity index (χ4v) is 26.5. The normalized spacial score (nSPS) is 10.4. The first-order valence-corrected chi connectivity index (χ1v) is 59.0. The second-order valence-corrected chi connectivity index (χ2v) is 47.8.